The second-order valence-electron chi connectivity index (χ2n) is 4.94. The van der Waals surface area contributed by atoms with Crippen LogP contribution in [0.4, 0.5) is 0 Å². The zero-order valence-electron chi connectivity index (χ0n) is 13.1. The molecule has 0 aliphatic rings. The lowest BCUT2D eigenvalue weighted by Crippen LogP contribution is -2.37. The molecule has 116 valence electrons. The Hall–Kier alpha value is -2.61. The first-order valence-electron chi connectivity index (χ1n) is 7.02. The molecule has 0 unspecified atom stereocenters. The maximum absolute atomic E-state index is 11.9. The van der Waals surface area contributed by atoms with Crippen LogP contribution in [0.15, 0.2) is 30.3 Å². The Bertz CT molecular complexity index is 602. The van der Waals surface area contributed by atoms with Crippen molar-refractivity contribution in [2.45, 2.75) is 26.4 Å². The summed E-state index contributed by atoms with van der Waals surface area (Å²) in [5.74, 6) is -0.898. The Kier molecular flexibility index (Phi) is 6.84. The minimum atomic E-state index is -0.877. The van der Waals surface area contributed by atoms with Crippen molar-refractivity contribution in [1.29, 1.82) is 5.26 Å². The van der Waals surface area contributed by atoms with Crippen LogP contribution in [0.5, 0.6) is 0 Å². The number of rotatable bonds is 6. The molecule has 0 aliphatic carbocycles. The zero-order valence-corrected chi connectivity index (χ0v) is 13.1. The molecule has 22 heavy (non-hydrogen) atoms. The quantitative estimate of drug-likeness (QED) is 0.597. The molecule has 1 aromatic rings. The van der Waals surface area contributed by atoms with Gasteiger partial charge in [-0.3, -0.25) is 4.79 Å². The molecule has 5 heteroatoms. The maximum atomic E-state index is 11.9. The third-order valence-corrected chi connectivity index (χ3v) is 3.16. The SMILES string of the molecule is Cc1ccccc1/C=C/C(=O)O[C@@H](C)C(=O)N(C)CCC#N. The summed E-state index contributed by atoms with van der Waals surface area (Å²) in [6.07, 6.45) is 2.34. The van der Waals surface area contributed by atoms with Gasteiger partial charge in [-0.25, -0.2) is 4.79 Å². The van der Waals surface area contributed by atoms with E-state index in [0.717, 1.165) is 11.1 Å². The summed E-state index contributed by atoms with van der Waals surface area (Å²) >= 11 is 0. The van der Waals surface area contributed by atoms with Crippen LogP contribution in [0.1, 0.15) is 24.5 Å². The molecule has 0 fully saturated rings. The molecule has 1 rings (SSSR count). The smallest absolute Gasteiger partial charge is 0.331 e. The highest BCUT2D eigenvalue weighted by atomic mass is 16.5. The van der Waals surface area contributed by atoms with Crippen molar-refractivity contribution in [2.24, 2.45) is 0 Å². The van der Waals surface area contributed by atoms with Gasteiger partial charge < -0.3 is 9.64 Å². The highest BCUT2D eigenvalue weighted by molar-refractivity contribution is 5.90. The molecular formula is C17H20N2O3. The van der Waals surface area contributed by atoms with Gasteiger partial charge in [0.1, 0.15) is 0 Å². The Morgan fingerprint density at radius 3 is 2.73 bits per heavy atom. The molecule has 0 bridgehead atoms. The van der Waals surface area contributed by atoms with Crippen molar-refractivity contribution < 1.29 is 14.3 Å². The van der Waals surface area contributed by atoms with Crippen molar-refractivity contribution >= 4 is 18.0 Å². The Balaban J connectivity index is 2.56. The standard InChI is InChI=1S/C17H20N2O3/c1-13-7-4-5-8-15(13)9-10-16(20)22-14(2)17(21)19(3)12-6-11-18/h4-5,7-10,14H,6,12H2,1-3H3/b10-9+/t14-/m0/s1. The van der Waals surface area contributed by atoms with Crippen molar-refractivity contribution in [2.75, 3.05) is 13.6 Å². The first kappa shape index (κ1) is 17.4. The summed E-state index contributed by atoms with van der Waals surface area (Å²) in [6, 6.07) is 9.60. The number of hydrogen-bond donors (Lipinski definition) is 0. The van der Waals surface area contributed by atoms with Gasteiger partial charge in [0.25, 0.3) is 5.91 Å². The van der Waals surface area contributed by atoms with Gasteiger partial charge in [-0.15, -0.1) is 0 Å². The van der Waals surface area contributed by atoms with E-state index in [1.165, 1.54) is 17.9 Å². The molecule has 5 nitrogen and oxygen atoms in total. The minimum Gasteiger partial charge on any atom is -0.449 e. The minimum absolute atomic E-state index is 0.246. The maximum Gasteiger partial charge on any atom is 0.331 e. The summed E-state index contributed by atoms with van der Waals surface area (Å²) in [6.45, 7) is 3.78. The first-order chi connectivity index (χ1) is 10.5. The van der Waals surface area contributed by atoms with E-state index in [4.69, 9.17) is 10.00 Å². The molecule has 0 saturated heterocycles. The number of nitriles is 1. The summed E-state index contributed by atoms with van der Waals surface area (Å²) in [4.78, 5) is 25.1. The van der Waals surface area contributed by atoms with E-state index in [0.29, 0.717) is 6.54 Å². The number of nitrogens with zero attached hydrogens (tertiary/aromatic N) is 2. The molecule has 0 N–H and O–H groups in total. The molecule has 1 aromatic carbocycles. The topological polar surface area (TPSA) is 70.4 Å². The van der Waals surface area contributed by atoms with Gasteiger partial charge in [0.15, 0.2) is 6.10 Å². The van der Waals surface area contributed by atoms with E-state index < -0.39 is 12.1 Å². The molecular weight excluding hydrogens is 280 g/mol. The average Bonchev–Trinajstić information content (AvgIpc) is 2.50. The van der Waals surface area contributed by atoms with Crippen molar-refractivity contribution in [3.63, 3.8) is 0 Å². The van der Waals surface area contributed by atoms with Gasteiger partial charge in [-0.05, 0) is 31.1 Å². The van der Waals surface area contributed by atoms with E-state index in [-0.39, 0.29) is 12.3 Å². The number of amides is 1. The highest BCUT2D eigenvalue weighted by Gasteiger charge is 2.20. The number of ether oxygens (including phenoxy) is 1. The second kappa shape index (κ2) is 8.63. The van der Waals surface area contributed by atoms with Crippen LogP contribution >= 0.6 is 0 Å². The number of aryl methyl sites for hydroxylation is 1. The lowest BCUT2D eigenvalue weighted by Gasteiger charge is -2.19. The van der Waals surface area contributed by atoms with E-state index in [1.54, 1.807) is 13.1 Å². The number of esters is 1. The largest absolute Gasteiger partial charge is 0.449 e. The number of carbonyl (C=O) groups excluding carboxylic acids is 2. The second-order valence-corrected chi connectivity index (χ2v) is 4.94. The van der Waals surface area contributed by atoms with Crippen LogP contribution in [-0.4, -0.2) is 36.5 Å². The molecule has 0 radical (unpaired) electrons. The van der Waals surface area contributed by atoms with Crippen molar-refractivity contribution in [3.05, 3.63) is 41.5 Å². The third kappa shape index (κ3) is 5.41. The predicted molar refractivity (Wildman–Crippen MR) is 83.6 cm³/mol. The van der Waals surface area contributed by atoms with E-state index in [9.17, 15) is 9.59 Å². The summed E-state index contributed by atoms with van der Waals surface area (Å²) in [5.41, 5.74) is 1.97. The molecule has 1 amide bonds. The molecule has 0 aliphatic heterocycles. The lowest BCUT2D eigenvalue weighted by molar-refractivity contribution is -0.154. The van der Waals surface area contributed by atoms with Gasteiger partial charge in [-0.2, -0.15) is 5.26 Å². The highest BCUT2D eigenvalue weighted by Crippen LogP contribution is 2.09. The number of carbonyl (C=O) groups is 2. The van der Waals surface area contributed by atoms with Gasteiger partial charge >= 0.3 is 5.97 Å². The van der Waals surface area contributed by atoms with E-state index in [1.807, 2.05) is 37.3 Å². The first-order valence-corrected chi connectivity index (χ1v) is 7.02. The predicted octanol–water partition coefficient (Wildman–Crippen LogP) is 2.31. The Morgan fingerprint density at radius 2 is 2.09 bits per heavy atom. The van der Waals surface area contributed by atoms with Gasteiger partial charge in [0.05, 0.1) is 12.5 Å². The monoisotopic (exact) mass is 300 g/mol. The van der Waals surface area contributed by atoms with Crippen molar-refractivity contribution in [1.82, 2.24) is 4.90 Å². The molecule has 1 atom stereocenters. The van der Waals surface area contributed by atoms with Crippen LogP contribution in [0.2, 0.25) is 0 Å². The lowest BCUT2D eigenvalue weighted by atomic mass is 10.1. The number of benzene rings is 1. The zero-order chi connectivity index (χ0) is 16.5. The third-order valence-electron chi connectivity index (χ3n) is 3.16. The van der Waals surface area contributed by atoms with Crippen LogP contribution in [0, 0.1) is 18.3 Å². The number of hydrogen-bond acceptors (Lipinski definition) is 4. The van der Waals surface area contributed by atoms with E-state index >= 15 is 0 Å². The fraction of sp³-hybridized carbons (Fsp3) is 0.353. The fourth-order valence-corrected chi connectivity index (χ4v) is 1.83. The molecule has 0 spiro atoms. The summed E-state index contributed by atoms with van der Waals surface area (Å²) < 4.78 is 5.07. The van der Waals surface area contributed by atoms with Crippen molar-refractivity contribution in [3.8, 4) is 6.07 Å². The van der Waals surface area contributed by atoms with Crippen LogP contribution < -0.4 is 0 Å². The fourth-order valence-electron chi connectivity index (χ4n) is 1.83. The van der Waals surface area contributed by atoms with Gasteiger partial charge in [0.2, 0.25) is 0 Å². The Labute approximate surface area is 130 Å². The summed E-state index contributed by atoms with van der Waals surface area (Å²) in [7, 11) is 1.58. The summed E-state index contributed by atoms with van der Waals surface area (Å²) in [5, 5.41) is 8.50. The van der Waals surface area contributed by atoms with Gasteiger partial charge in [0, 0.05) is 19.7 Å². The molecule has 0 aromatic heterocycles. The van der Waals surface area contributed by atoms with Gasteiger partial charge in [-0.1, -0.05) is 24.3 Å². The van der Waals surface area contributed by atoms with E-state index in [2.05, 4.69) is 0 Å². The van der Waals surface area contributed by atoms with Crippen LogP contribution in [0.3, 0.4) is 0 Å². The Morgan fingerprint density at radius 1 is 1.41 bits per heavy atom. The molecule has 0 saturated carbocycles. The normalized spacial score (nSPS) is 11.7. The average molecular weight is 300 g/mol. The molecule has 0 heterocycles. The van der Waals surface area contributed by atoms with Crippen LogP contribution in [0.25, 0.3) is 6.08 Å². The van der Waals surface area contributed by atoms with Crippen LogP contribution in [-0.2, 0) is 14.3 Å². The number of likely N-dealkylation sites (N-methyl/N-ethyl adjacent to an activating group) is 1.